The summed E-state index contributed by atoms with van der Waals surface area (Å²) < 4.78 is 37.8. The van der Waals surface area contributed by atoms with Crippen LogP contribution in [0, 0.1) is 0 Å². The number of aromatic nitrogens is 1. The predicted octanol–water partition coefficient (Wildman–Crippen LogP) is 4.90. The van der Waals surface area contributed by atoms with Gasteiger partial charge in [0.15, 0.2) is 5.13 Å². The summed E-state index contributed by atoms with van der Waals surface area (Å²) in [6, 6.07) is 19.9. The molecule has 10 heteroatoms. The van der Waals surface area contributed by atoms with Crippen molar-refractivity contribution in [3.05, 3.63) is 83.7 Å². The lowest BCUT2D eigenvalue weighted by molar-refractivity contribution is 0.102. The standard InChI is InChI=1S/C25H23N3O5S2/c1-28(18-7-5-4-6-8-18)35(30,31)20-12-9-17(10-13-20)24(29)27-25-26-22(16-34-25)21-15-19(32-2)11-14-23(21)33-3/h4-16H,1-3H3,(H,26,27,29). The van der Waals surface area contributed by atoms with Crippen LogP contribution in [0.5, 0.6) is 11.5 Å². The Labute approximate surface area is 207 Å². The van der Waals surface area contributed by atoms with Crippen LogP contribution in [0.3, 0.4) is 0 Å². The van der Waals surface area contributed by atoms with Crippen LogP contribution in [0.15, 0.2) is 83.1 Å². The van der Waals surface area contributed by atoms with Crippen molar-refractivity contribution in [1.29, 1.82) is 0 Å². The van der Waals surface area contributed by atoms with E-state index in [2.05, 4.69) is 10.3 Å². The van der Waals surface area contributed by atoms with Crippen molar-refractivity contribution in [2.75, 3.05) is 30.9 Å². The second-order valence-electron chi connectivity index (χ2n) is 7.39. The number of hydrogen-bond donors (Lipinski definition) is 1. The molecule has 0 aliphatic heterocycles. The lowest BCUT2D eigenvalue weighted by Gasteiger charge is -2.19. The van der Waals surface area contributed by atoms with E-state index in [1.54, 1.807) is 50.6 Å². The minimum absolute atomic E-state index is 0.0852. The molecule has 0 bridgehead atoms. The lowest BCUT2D eigenvalue weighted by atomic mass is 10.1. The first kappa shape index (κ1) is 24.2. The number of anilines is 2. The molecule has 1 N–H and O–H groups in total. The van der Waals surface area contributed by atoms with Crippen LogP contribution in [0.25, 0.3) is 11.3 Å². The maximum Gasteiger partial charge on any atom is 0.264 e. The monoisotopic (exact) mass is 509 g/mol. The summed E-state index contributed by atoms with van der Waals surface area (Å²) in [5, 5.41) is 4.96. The summed E-state index contributed by atoms with van der Waals surface area (Å²) in [4.78, 5) is 17.3. The number of ether oxygens (including phenoxy) is 2. The third-order valence-electron chi connectivity index (χ3n) is 5.30. The molecular weight excluding hydrogens is 486 g/mol. The second kappa shape index (κ2) is 10.2. The summed E-state index contributed by atoms with van der Waals surface area (Å²) in [5.41, 5.74) is 2.22. The highest BCUT2D eigenvalue weighted by Gasteiger charge is 2.22. The molecule has 0 fully saturated rings. The molecule has 1 aromatic heterocycles. The highest BCUT2D eigenvalue weighted by molar-refractivity contribution is 7.92. The van der Waals surface area contributed by atoms with Crippen molar-refractivity contribution in [3.8, 4) is 22.8 Å². The molecule has 0 saturated carbocycles. The molecule has 0 aliphatic rings. The topological polar surface area (TPSA) is 97.8 Å². The molecule has 0 atom stereocenters. The molecule has 0 saturated heterocycles. The average molecular weight is 510 g/mol. The third kappa shape index (κ3) is 5.13. The Hall–Kier alpha value is -3.89. The minimum Gasteiger partial charge on any atom is -0.497 e. The van der Waals surface area contributed by atoms with E-state index in [-0.39, 0.29) is 4.90 Å². The summed E-state index contributed by atoms with van der Waals surface area (Å²) in [7, 11) is 0.874. The number of amides is 1. The summed E-state index contributed by atoms with van der Waals surface area (Å²) in [5.74, 6) is 0.891. The van der Waals surface area contributed by atoms with Crippen LogP contribution in [0.4, 0.5) is 10.8 Å². The fourth-order valence-electron chi connectivity index (χ4n) is 3.35. The Morgan fingerprint density at radius 3 is 2.34 bits per heavy atom. The van der Waals surface area contributed by atoms with Gasteiger partial charge in [-0.05, 0) is 54.6 Å². The third-order valence-corrected chi connectivity index (χ3v) is 7.86. The Bertz CT molecular complexity index is 1440. The normalized spacial score (nSPS) is 11.1. The zero-order valence-corrected chi connectivity index (χ0v) is 20.9. The Morgan fingerprint density at radius 2 is 1.69 bits per heavy atom. The van der Waals surface area contributed by atoms with Crippen molar-refractivity contribution < 1.29 is 22.7 Å². The number of sulfonamides is 1. The number of thiazole rings is 1. The van der Waals surface area contributed by atoms with Gasteiger partial charge < -0.3 is 9.47 Å². The number of hydrogen-bond acceptors (Lipinski definition) is 7. The number of methoxy groups -OCH3 is 2. The number of rotatable bonds is 8. The fraction of sp³-hybridized carbons (Fsp3) is 0.120. The van der Waals surface area contributed by atoms with Crippen molar-refractivity contribution in [1.82, 2.24) is 4.98 Å². The molecule has 1 amide bonds. The van der Waals surface area contributed by atoms with Gasteiger partial charge in [-0.3, -0.25) is 14.4 Å². The van der Waals surface area contributed by atoms with Crippen molar-refractivity contribution in [3.63, 3.8) is 0 Å². The van der Waals surface area contributed by atoms with Crippen LogP contribution < -0.4 is 19.1 Å². The van der Waals surface area contributed by atoms with E-state index < -0.39 is 15.9 Å². The number of carbonyl (C=O) groups excluding carboxylic acids is 1. The van der Waals surface area contributed by atoms with Crippen LogP contribution in [0.2, 0.25) is 0 Å². The van der Waals surface area contributed by atoms with Gasteiger partial charge in [0.25, 0.3) is 15.9 Å². The zero-order chi connectivity index (χ0) is 25.0. The first-order chi connectivity index (χ1) is 16.8. The summed E-state index contributed by atoms with van der Waals surface area (Å²) in [6.45, 7) is 0. The van der Waals surface area contributed by atoms with Gasteiger partial charge >= 0.3 is 0 Å². The molecular formula is C25H23N3O5S2. The molecule has 4 aromatic rings. The Morgan fingerprint density at radius 1 is 0.971 bits per heavy atom. The number of para-hydroxylation sites is 1. The summed E-state index contributed by atoms with van der Waals surface area (Å²) >= 11 is 1.27. The van der Waals surface area contributed by atoms with E-state index in [0.717, 1.165) is 5.56 Å². The molecule has 8 nitrogen and oxygen atoms in total. The lowest BCUT2D eigenvalue weighted by Crippen LogP contribution is -2.26. The Balaban J connectivity index is 1.50. The van der Waals surface area contributed by atoms with Crippen LogP contribution in [-0.2, 0) is 10.0 Å². The highest BCUT2D eigenvalue weighted by Crippen LogP contribution is 2.35. The van der Waals surface area contributed by atoms with Gasteiger partial charge in [-0.15, -0.1) is 11.3 Å². The minimum atomic E-state index is -3.76. The number of benzene rings is 3. The number of carbonyl (C=O) groups is 1. The maximum absolute atomic E-state index is 12.9. The molecule has 0 spiro atoms. The van der Waals surface area contributed by atoms with E-state index in [1.165, 1.54) is 47.0 Å². The molecule has 0 aliphatic carbocycles. The highest BCUT2D eigenvalue weighted by atomic mass is 32.2. The number of nitrogens with one attached hydrogen (secondary N) is 1. The summed E-state index contributed by atoms with van der Waals surface area (Å²) in [6.07, 6.45) is 0. The van der Waals surface area contributed by atoms with Gasteiger partial charge in [0.1, 0.15) is 11.5 Å². The fourth-order valence-corrected chi connectivity index (χ4v) is 5.25. The van der Waals surface area contributed by atoms with Gasteiger partial charge in [-0.25, -0.2) is 13.4 Å². The van der Waals surface area contributed by atoms with E-state index in [0.29, 0.717) is 33.6 Å². The quantitative estimate of drug-likeness (QED) is 0.363. The molecule has 180 valence electrons. The van der Waals surface area contributed by atoms with Crippen molar-refractivity contribution in [2.45, 2.75) is 4.90 Å². The molecule has 1 heterocycles. The van der Waals surface area contributed by atoms with Crippen LogP contribution in [0.1, 0.15) is 10.4 Å². The number of nitrogens with zero attached hydrogens (tertiary/aromatic N) is 2. The first-order valence-corrected chi connectivity index (χ1v) is 12.8. The second-order valence-corrected chi connectivity index (χ2v) is 10.2. The molecule has 35 heavy (non-hydrogen) atoms. The van der Waals surface area contributed by atoms with Crippen LogP contribution in [-0.4, -0.2) is 40.6 Å². The smallest absolute Gasteiger partial charge is 0.264 e. The van der Waals surface area contributed by atoms with Crippen molar-refractivity contribution >= 4 is 38.1 Å². The predicted molar refractivity (Wildman–Crippen MR) is 137 cm³/mol. The van der Waals surface area contributed by atoms with Gasteiger partial charge in [0.05, 0.1) is 30.5 Å². The van der Waals surface area contributed by atoms with E-state index in [9.17, 15) is 13.2 Å². The average Bonchev–Trinajstić information content (AvgIpc) is 3.36. The molecule has 4 rings (SSSR count). The van der Waals surface area contributed by atoms with E-state index in [4.69, 9.17) is 9.47 Å². The molecule has 3 aromatic carbocycles. The maximum atomic E-state index is 12.9. The van der Waals surface area contributed by atoms with E-state index in [1.807, 2.05) is 17.5 Å². The van der Waals surface area contributed by atoms with Gasteiger partial charge in [-0.1, -0.05) is 18.2 Å². The van der Waals surface area contributed by atoms with Gasteiger partial charge in [0.2, 0.25) is 0 Å². The first-order valence-electron chi connectivity index (χ1n) is 10.5. The molecule has 0 unspecified atom stereocenters. The van der Waals surface area contributed by atoms with Gasteiger partial charge in [-0.2, -0.15) is 0 Å². The van der Waals surface area contributed by atoms with Crippen molar-refractivity contribution in [2.24, 2.45) is 0 Å². The Kier molecular flexibility index (Phi) is 7.04. The molecule has 0 radical (unpaired) electrons. The largest absolute Gasteiger partial charge is 0.497 e. The van der Waals surface area contributed by atoms with E-state index >= 15 is 0 Å². The zero-order valence-electron chi connectivity index (χ0n) is 19.3. The SMILES string of the molecule is COc1ccc(OC)c(-c2csc(NC(=O)c3ccc(S(=O)(=O)N(C)c4ccccc4)cc3)n2)c1. The van der Waals surface area contributed by atoms with Crippen LogP contribution >= 0.6 is 11.3 Å². The van der Waals surface area contributed by atoms with Gasteiger partial charge in [0, 0.05) is 23.6 Å².